The van der Waals surface area contributed by atoms with Gasteiger partial charge in [-0.05, 0) is 18.4 Å². The zero-order chi connectivity index (χ0) is 18.8. The number of hydrogen-bond donors (Lipinski definition) is 0. The maximum atomic E-state index is 12.7. The van der Waals surface area contributed by atoms with Crippen LogP contribution in [0.3, 0.4) is 0 Å². The first-order valence-corrected chi connectivity index (χ1v) is 9.94. The van der Waals surface area contributed by atoms with Gasteiger partial charge in [-0.15, -0.1) is 0 Å². The first-order valence-electron chi connectivity index (χ1n) is 9.94. The van der Waals surface area contributed by atoms with E-state index in [4.69, 9.17) is 4.74 Å². The summed E-state index contributed by atoms with van der Waals surface area (Å²) in [6.45, 7) is 1.76. The van der Waals surface area contributed by atoms with E-state index in [0.29, 0.717) is 19.7 Å². The molecule has 4 rings (SSSR count). The molecule has 3 fully saturated rings. The molecule has 0 N–H and O–H groups in total. The zero-order valence-corrected chi connectivity index (χ0v) is 15.5. The molecule has 2 heterocycles. The van der Waals surface area contributed by atoms with Crippen LogP contribution in [0.25, 0.3) is 0 Å². The summed E-state index contributed by atoms with van der Waals surface area (Å²) >= 11 is 0. The first kappa shape index (κ1) is 18.2. The van der Waals surface area contributed by atoms with E-state index in [9.17, 15) is 14.4 Å². The molecule has 144 valence electrons. The van der Waals surface area contributed by atoms with Crippen LogP contribution in [0.1, 0.15) is 43.8 Å². The molecule has 1 aliphatic carbocycles. The van der Waals surface area contributed by atoms with Gasteiger partial charge in [0.15, 0.2) is 0 Å². The second-order valence-corrected chi connectivity index (χ2v) is 7.69. The summed E-state index contributed by atoms with van der Waals surface area (Å²) in [5.41, 5.74) is 1.06. The van der Waals surface area contributed by atoms with E-state index in [0.717, 1.165) is 31.2 Å². The van der Waals surface area contributed by atoms with E-state index in [2.05, 4.69) is 0 Å². The number of rotatable bonds is 4. The van der Waals surface area contributed by atoms with E-state index in [1.807, 2.05) is 30.3 Å². The third-order valence-electron chi connectivity index (χ3n) is 6.07. The van der Waals surface area contributed by atoms with Gasteiger partial charge in [-0.3, -0.25) is 19.3 Å². The summed E-state index contributed by atoms with van der Waals surface area (Å²) in [6, 6.07) is 9.88. The maximum Gasteiger partial charge on any atom is 0.233 e. The fourth-order valence-corrected chi connectivity index (χ4v) is 4.56. The predicted molar refractivity (Wildman–Crippen MR) is 98.5 cm³/mol. The van der Waals surface area contributed by atoms with Crippen molar-refractivity contribution in [2.75, 3.05) is 26.2 Å². The number of morpholine rings is 1. The van der Waals surface area contributed by atoms with Gasteiger partial charge in [0.05, 0.1) is 25.0 Å². The molecular formula is C21H26N2O4. The van der Waals surface area contributed by atoms with Crippen LogP contribution in [0.2, 0.25) is 0 Å². The molecule has 6 heteroatoms. The summed E-state index contributed by atoms with van der Waals surface area (Å²) in [4.78, 5) is 40.9. The van der Waals surface area contributed by atoms with Crippen molar-refractivity contribution in [3.05, 3.63) is 35.9 Å². The highest BCUT2D eigenvalue weighted by Crippen LogP contribution is 2.38. The van der Waals surface area contributed by atoms with Crippen LogP contribution in [0.15, 0.2) is 30.3 Å². The highest BCUT2D eigenvalue weighted by atomic mass is 16.5. The molecular weight excluding hydrogens is 344 g/mol. The molecule has 0 bridgehead atoms. The Hall–Kier alpha value is -2.21. The van der Waals surface area contributed by atoms with Crippen molar-refractivity contribution in [3.63, 3.8) is 0 Å². The summed E-state index contributed by atoms with van der Waals surface area (Å²) < 4.78 is 5.81. The average molecular weight is 370 g/mol. The van der Waals surface area contributed by atoms with E-state index >= 15 is 0 Å². The van der Waals surface area contributed by atoms with Crippen LogP contribution >= 0.6 is 0 Å². The third-order valence-corrected chi connectivity index (χ3v) is 6.07. The van der Waals surface area contributed by atoms with Gasteiger partial charge in [-0.1, -0.05) is 43.2 Å². The second kappa shape index (κ2) is 7.80. The molecule has 1 aromatic carbocycles. The van der Waals surface area contributed by atoms with Crippen molar-refractivity contribution in [2.24, 2.45) is 11.8 Å². The van der Waals surface area contributed by atoms with Crippen LogP contribution < -0.4 is 0 Å². The Morgan fingerprint density at radius 3 is 2.37 bits per heavy atom. The van der Waals surface area contributed by atoms with Crippen molar-refractivity contribution in [1.29, 1.82) is 0 Å². The van der Waals surface area contributed by atoms with Gasteiger partial charge < -0.3 is 9.64 Å². The molecule has 3 aliphatic rings. The lowest BCUT2D eigenvalue weighted by Gasteiger charge is -2.33. The highest BCUT2D eigenvalue weighted by molar-refractivity contribution is 6.05. The molecule has 6 nitrogen and oxygen atoms in total. The lowest BCUT2D eigenvalue weighted by atomic mass is 9.81. The molecule has 0 radical (unpaired) electrons. The van der Waals surface area contributed by atoms with Crippen molar-refractivity contribution >= 4 is 17.7 Å². The number of ether oxygens (including phenoxy) is 1. The minimum absolute atomic E-state index is 0.0188. The number of benzene rings is 1. The average Bonchev–Trinajstić information content (AvgIpc) is 2.97. The third kappa shape index (κ3) is 3.63. The van der Waals surface area contributed by atoms with Gasteiger partial charge in [-0.2, -0.15) is 0 Å². The molecule has 0 aromatic heterocycles. The van der Waals surface area contributed by atoms with Gasteiger partial charge in [0, 0.05) is 19.5 Å². The molecule has 3 amide bonds. The van der Waals surface area contributed by atoms with E-state index in [1.165, 1.54) is 4.90 Å². The van der Waals surface area contributed by atoms with E-state index in [1.54, 1.807) is 4.90 Å². The first-order chi connectivity index (χ1) is 13.1. The monoisotopic (exact) mass is 370 g/mol. The summed E-state index contributed by atoms with van der Waals surface area (Å²) in [7, 11) is 0. The zero-order valence-electron chi connectivity index (χ0n) is 15.5. The molecule has 1 aromatic rings. The molecule has 1 saturated carbocycles. The van der Waals surface area contributed by atoms with Crippen molar-refractivity contribution in [1.82, 2.24) is 9.80 Å². The largest absolute Gasteiger partial charge is 0.370 e. The fourth-order valence-electron chi connectivity index (χ4n) is 4.56. The van der Waals surface area contributed by atoms with Crippen LogP contribution in [0.4, 0.5) is 0 Å². The number of amides is 3. The van der Waals surface area contributed by atoms with Crippen LogP contribution in [-0.2, 0) is 19.1 Å². The molecule has 0 unspecified atom stereocenters. The van der Waals surface area contributed by atoms with Gasteiger partial charge in [0.1, 0.15) is 6.10 Å². The maximum absolute atomic E-state index is 12.7. The summed E-state index contributed by atoms with van der Waals surface area (Å²) in [5, 5.41) is 0. The Morgan fingerprint density at radius 2 is 1.70 bits per heavy atom. The van der Waals surface area contributed by atoms with E-state index in [-0.39, 0.29) is 48.6 Å². The van der Waals surface area contributed by atoms with Crippen LogP contribution in [-0.4, -0.2) is 53.8 Å². The Balaban J connectivity index is 1.34. The minimum Gasteiger partial charge on any atom is -0.370 e. The highest BCUT2D eigenvalue weighted by Gasteiger charge is 2.47. The fraction of sp³-hybridized carbons (Fsp3) is 0.571. The normalized spacial score (nSPS) is 28.4. The lowest BCUT2D eigenvalue weighted by Crippen LogP contribution is -2.44. The lowest BCUT2D eigenvalue weighted by molar-refractivity contribution is -0.142. The van der Waals surface area contributed by atoms with Gasteiger partial charge in [0.2, 0.25) is 17.7 Å². The number of fused-ring (bicyclic) bond motifs is 1. The number of imide groups is 1. The molecule has 2 saturated heterocycles. The Morgan fingerprint density at radius 1 is 1.04 bits per heavy atom. The van der Waals surface area contributed by atoms with E-state index < -0.39 is 0 Å². The van der Waals surface area contributed by atoms with Crippen molar-refractivity contribution < 1.29 is 19.1 Å². The van der Waals surface area contributed by atoms with Crippen molar-refractivity contribution in [2.45, 2.75) is 38.2 Å². The summed E-state index contributed by atoms with van der Waals surface area (Å²) in [6.07, 6.45) is 3.72. The Bertz CT molecular complexity index is 696. The number of carbonyl (C=O) groups excluding carboxylic acids is 3. The van der Waals surface area contributed by atoms with Gasteiger partial charge in [0.25, 0.3) is 0 Å². The molecule has 27 heavy (non-hydrogen) atoms. The van der Waals surface area contributed by atoms with Crippen LogP contribution in [0.5, 0.6) is 0 Å². The Labute approximate surface area is 159 Å². The molecule has 3 atom stereocenters. The molecule has 2 aliphatic heterocycles. The van der Waals surface area contributed by atoms with Gasteiger partial charge >= 0.3 is 0 Å². The molecule has 0 spiro atoms. The number of nitrogens with zero attached hydrogens (tertiary/aromatic N) is 2. The van der Waals surface area contributed by atoms with Crippen LogP contribution in [0, 0.1) is 11.8 Å². The number of hydrogen-bond acceptors (Lipinski definition) is 4. The number of likely N-dealkylation sites (tertiary alicyclic amines) is 1. The Kier molecular flexibility index (Phi) is 5.25. The quantitative estimate of drug-likeness (QED) is 0.762. The topological polar surface area (TPSA) is 66.9 Å². The standard InChI is InChI=1S/C21H26N2O4/c24-19(22-12-13-27-18(14-22)15-6-2-1-3-7-15)10-11-23-20(25)16-8-4-5-9-17(16)21(23)26/h1-3,6-7,16-18H,4-5,8-14H2/t16-,17+,18-/m1/s1. The number of carbonyl (C=O) groups is 3. The minimum atomic E-state index is -0.146. The van der Waals surface area contributed by atoms with Gasteiger partial charge in [-0.25, -0.2) is 0 Å². The van der Waals surface area contributed by atoms with Crippen molar-refractivity contribution in [3.8, 4) is 0 Å². The predicted octanol–water partition coefficient (Wildman–Crippen LogP) is 2.15. The summed E-state index contributed by atoms with van der Waals surface area (Å²) in [5.74, 6) is -0.447. The SMILES string of the molecule is O=C(CCN1C(=O)[C@H]2CCCC[C@H]2C1=O)N1CCO[C@@H](c2ccccc2)C1. The smallest absolute Gasteiger partial charge is 0.233 e. The second-order valence-electron chi connectivity index (χ2n) is 7.69.